The molecule has 0 spiro atoms. The maximum Gasteiger partial charge on any atom is 0.223 e. The predicted octanol–water partition coefficient (Wildman–Crippen LogP) is 4.91. The summed E-state index contributed by atoms with van der Waals surface area (Å²) < 4.78 is 0. The summed E-state index contributed by atoms with van der Waals surface area (Å²) in [6, 6.07) is -1.66. The minimum atomic E-state index is -0.835. The third-order valence-corrected chi connectivity index (χ3v) is 9.62. The zero-order valence-electron chi connectivity index (χ0n) is 32.0. The molecule has 0 saturated carbocycles. The number of H-pyrrole nitrogens is 2. The average Bonchev–Trinajstić information content (AvgIpc) is 3.84. The molecular weight excluding hydrogens is 662 g/mol. The fourth-order valence-corrected chi connectivity index (χ4v) is 6.41. The van der Waals surface area contributed by atoms with Gasteiger partial charge in [0.15, 0.2) is 11.6 Å². The second-order valence-corrected chi connectivity index (χ2v) is 14.5. The second kappa shape index (κ2) is 26.0. The monoisotopic (exact) mass is 727 g/mol. The molecule has 52 heavy (non-hydrogen) atoms. The maximum atomic E-state index is 13.5. The molecule has 13 nitrogen and oxygen atoms in total. The van der Waals surface area contributed by atoms with E-state index in [2.05, 4.69) is 35.9 Å². The van der Waals surface area contributed by atoms with Gasteiger partial charge in [0.25, 0.3) is 0 Å². The lowest BCUT2D eigenvalue weighted by Gasteiger charge is -2.25. The van der Waals surface area contributed by atoms with Crippen LogP contribution in [0.5, 0.6) is 0 Å². The number of aromatic amines is 2. The molecule has 2 aromatic heterocycles. The summed E-state index contributed by atoms with van der Waals surface area (Å²) in [6.45, 7) is 5.58. The normalized spacial score (nSPS) is 13.7. The molecule has 0 bridgehead atoms. The van der Waals surface area contributed by atoms with E-state index in [1.54, 1.807) is 19.3 Å². The Kier molecular flexibility index (Phi) is 22.1. The number of ketones is 2. The number of imidazole rings is 2. The van der Waals surface area contributed by atoms with Crippen molar-refractivity contribution in [3.05, 3.63) is 36.4 Å². The Morgan fingerprint density at radius 1 is 0.673 bits per heavy atom. The van der Waals surface area contributed by atoms with E-state index < -0.39 is 29.8 Å². The molecule has 4 atom stereocenters. The summed E-state index contributed by atoms with van der Waals surface area (Å²) in [5.74, 6) is -3.08. The van der Waals surface area contributed by atoms with Crippen LogP contribution in [-0.4, -0.2) is 80.1 Å². The molecule has 6 N–H and O–H groups in total. The summed E-state index contributed by atoms with van der Waals surface area (Å²) in [6.07, 6.45) is 21.6. The summed E-state index contributed by atoms with van der Waals surface area (Å²) in [5, 5.41) is 17.2. The van der Waals surface area contributed by atoms with Gasteiger partial charge in [0.2, 0.25) is 17.7 Å². The maximum absolute atomic E-state index is 13.5. The number of carbonyl (C=O) groups excluding carboxylic acids is 5. The third kappa shape index (κ3) is 18.1. The van der Waals surface area contributed by atoms with E-state index in [9.17, 15) is 24.0 Å². The fourth-order valence-electron chi connectivity index (χ4n) is 6.41. The quantitative estimate of drug-likeness (QED) is 0.0610. The number of hydrogen-bond acceptors (Lipinski definition) is 8. The van der Waals surface area contributed by atoms with Crippen molar-refractivity contribution in [2.24, 2.45) is 17.8 Å². The number of Topliss-reactive ketones (excluding diaryl/α,β-unsaturated/α-hetero) is 2. The predicted molar refractivity (Wildman–Crippen MR) is 201 cm³/mol. The molecule has 0 fully saturated rings. The van der Waals surface area contributed by atoms with Crippen molar-refractivity contribution in [3.63, 3.8) is 0 Å². The van der Waals surface area contributed by atoms with E-state index in [1.807, 2.05) is 13.8 Å². The number of carbonyl (C=O) groups is 5. The van der Waals surface area contributed by atoms with Gasteiger partial charge in [-0.15, -0.1) is 0 Å². The molecule has 0 aliphatic heterocycles. The number of hydrogen-bond donors (Lipinski definition) is 6. The van der Waals surface area contributed by atoms with Crippen molar-refractivity contribution < 1.29 is 29.1 Å². The molecule has 13 heteroatoms. The highest BCUT2D eigenvalue weighted by Gasteiger charge is 2.32. The van der Waals surface area contributed by atoms with Gasteiger partial charge < -0.3 is 31.0 Å². The minimum absolute atomic E-state index is 0.0683. The van der Waals surface area contributed by atoms with Crippen molar-refractivity contribution in [2.45, 2.75) is 148 Å². The molecule has 0 aromatic carbocycles. The molecule has 0 unspecified atom stereocenters. The van der Waals surface area contributed by atoms with Gasteiger partial charge in [0, 0.05) is 75.5 Å². The Hall–Kier alpha value is -3.87. The van der Waals surface area contributed by atoms with Crippen LogP contribution in [0, 0.1) is 17.8 Å². The first-order valence-corrected chi connectivity index (χ1v) is 19.5. The van der Waals surface area contributed by atoms with E-state index in [0.29, 0.717) is 25.1 Å². The molecule has 3 amide bonds. The Bertz CT molecular complexity index is 1300. The van der Waals surface area contributed by atoms with Crippen LogP contribution in [0.2, 0.25) is 0 Å². The molecule has 0 saturated heterocycles. The van der Waals surface area contributed by atoms with Gasteiger partial charge in [0.05, 0.1) is 30.7 Å². The average molecular weight is 728 g/mol. The number of unbranched alkanes of at least 4 members (excludes halogenated alkanes) is 12. The Balaban J connectivity index is 1.82. The Morgan fingerprint density at radius 2 is 1.19 bits per heavy atom. The number of aromatic nitrogens is 4. The summed E-state index contributed by atoms with van der Waals surface area (Å²) in [5.41, 5.74) is 1.42. The van der Waals surface area contributed by atoms with E-state index in [4.69, 9.17) is 5.11 Å². The Morgan fingerprint density at radius 3 is 1.67 bits per heavy atom. The van der Waals surface area contributed by atoms with Crippen molar-refractivity contribution in [3.8, 4) is 0 Å². The topological polar surface area (TPSA) is 199 Å². The van der Waals surface area contributed by atoms with Crippen molar-refractivity contribution in [1.82, 2.24) is 35.9 Å². The zero-order valence-corrected chi connectivity index (χ0v) is 32.0. The van der Waals surface area contributed by atoms with Gasteiger partial charge in [-0.1, -0.05) is 91.4 Å². The first-order chi connectivity index (χ1) is 25.0. The number of rotatable bonds is 30. The van der Waals surface area contributed by atoms with Crippen LogP contribution in [0.25, 0.3) is 0 Å². The summed E-state index contributed by atoms with van der Waals surface area (Å²) in [4.78, 5) is 79.8. The summed E-state index contributed by atoms with van der Waals surface area (Å²) >= 11 is 0. The third-order valence-electron chi connectivity index (χ3n) is 9.62. The molecule has 2 heterocycles. The van der Waals surface area contributed by atoms with Crippen LogP contribution in [-0.2, 0) is 36.8 Å². The van der Waals surface area contributed by atoms with Crippen molar-refractivity contribution in [2.75, 3.05) is 13.7 Å². The number of nitrogens with one attached hydrogen (secondary N) is 5. The van der Waals surface area contributed by atoms with E-state index in [-0.39, 0.29) is 48.6 Å². The van der Waals surface area contributed by atoms with Crippen molar-refractivity contribution >= 4 is 29.3 Å². The first-order valence-electron chi connectivity index (χ1n) is 19.5. The van der Waals surface area contributed by atoms with Crippen LogP contribution >= 0.6 is 0 Å². The molecule has 2 aromatic rings. The van der Waals surface area contributed by atoms with Gasteiger partial charge >= 0.3 is 0 Å². The van der Waals surface area contributed by atoms with Gasteiger partial charge in [-0.25, -0.2) is 9.97 Å². The molecule has 0 radical (unpaired) electrons. The highest BCUT2D eigenvalue weighted by atomic mass is 16.3. The van der Waals surface area contributed by atoms with E-state index in [1.165, 1.54) is 64.6 Å². The zero-order chi connectivity index (χ0) is 38.1. The molecule has 0 aliphatic rings. The SMILES string of the molecule is CNC(=O)[C@@H](CC(=O)[C@@H](NC(=O)[C@H](C)CC(=O)[C@H](Cc1cnc[nH]1)NC(=O)CCCCCCCCCCCCCCCO)C(C)C)Cc1cnc[nH]1. The smallest absolute Gasteiger partial charge is 0.223 e. The number of aliphatic hydroxyl groups excluding tert-OH is 1. The van der Waals surface area contributed by atoms with E-state index in [0.717, 1.165) is 44.2 Å². The standard InChI is InChI=1S/C39H65N7O6/c1-28(2)37(35(49)22-30(39(52)40-4)21-31-24-41-26-43-31)46-38(51)29(3)20-34(48)33(23-32-25-42-27-44-32)45-36(50)18-16-14-12-10-8-6-5-7-9-11-13-15-17-19-47/h24-30,33,37,47H,5-23H2,1-4H3,(H,40,52)(H,41,43)(H,42,44)(H,45,50)(H,46,51)/t29-,30-,33+,37+/m1/s1. The molecule has 292 valence electrons. The fraction of sp³-hybridized carbons (Fsp3) is 0.718. The number of amides is 3. The number of nitrogens with zero attached hydrogens (tertiary/aromatic N) is 2. The van der Waals surface area contributed by atoms with Crippen LogP contribution in [0.3, 0.4) is 0 Å². The van der Waals surface area contributed by atoms with E-state index >= 15 is 0 Å². The number of aliphatic hydroxyl groups is 1. The van der Waals surface area contributed by atoms with Gasteiger partial charge in [-0.2, -0.15) is 0 Å². The molecular formula is C39H65N7O6. The lowest BCUT2D eigenvalue weighted by molar-refractivity contribution is -0.134. The largest absolute Gasteiger partial charge is 0.396 e. The molecule has 2 rings (SSSR count). The lowest BCUT2D eigenvalue weighted by Crippen LogP contribution is -2.48. The lowest BCUT2D eigenvalue weighted by atomic mass is 9.89. The van der Waals surface area contributed by atoms with Crippen molar-refractivity contribution in [1.29, 1.82) is 0 Å². The van der Waals surface area contributed by atoms with Gasteiger partial charge in [-0.3, -0.25) is 24.0 Å². The Labute approximate surface area is 310 Å². The van der Waals surface area contributed by atoms with Crippen LogP contribution < -0.4 is 16.0 Å². The highest BCUT2D eigenvalue weighted by molar-refractivity contribution is 5.95. The van der Waals surface area contributed by atoms with Gasteiger partial charge in [-0.05, 0) is 18.8 Å². The molecule has 0 aliphatic carbocycles. The highest BCUT2D eigenvalue weighted by Crippen LogP contribution is 2.18. The first kappa shape index (κ1) is 44.3. The van der Waals surface area contributed by atoms with Gasteiger partial charge in [0.1, 0.15) is 0 Å². The summed E-state index contributed by atoms with van der Waals surface area (Å²) in [7, 11) is 1.52. The second-order valence-electron chi connectivity index (χ2n) is 14.5. The minimum Gasteiger partial charge on any atom is -0.396 e. The van der Waals surface area contributed by atoms with Crippen LogP contribution in [0.1, 0.15) is 135 Å². The van der Waals surface area contributed by atoms with Crippen LogP contribution in [0.15, 0.2) is 25.0 Å². The van der Waals surface area contributed by atoms with Crippen LogP contribution in [0.4, 0.5) is 0 Å².